The number of carboxylic acid groups (broad SMARTS) is 1. The molecule has 0 fully saturated rings. The quantitative estimate of drug-likeness (QED) is 0.263. The second kappa shape index (κ2) is 20.2. The molecule has 2 nitrogen and oxygen atoms in total. The summed E-state index contributed by atoms with van der Waals surface area (Å²) in [7, 11) is 0. The predicted octanol–water partition coefficient (Wildman–Crippen LogP) is 1.78. The Labute approximate surface area is 154 Å². The Morgan fingerprint density at radius 3 is 1.52 bits per heavy atom. The molecule has 0 amide bonds. The fraction of sp³-hybridized carbons (Fsp3) is 0.833. The molecule has 0 saturated carbocycles. The molecule has 3 heteroatoms. The zero-order valence-electron chi connectivity index (χ0n) is 14.4. The molecule has 0 heterocycles. The molecule has 0 aliphatic heterocycles. The normalized spacial score (nSPS) is 10.7. The average molecular weight is 304 g/mol. The summed E-state index contributed by atoms with van der Waals surface area (Å²) in [6.07, 6.45) is 21.2. The number of rotatable bonds is 15. The summed E-state index contributed by atoms with van der Waals surface area (Å²) in [5.41, 5.74) is 0. The van der Waals surface area contributed by atoms with E-state index in [1.54, 1.807) is 6.08 Å². The van der Waals surface area contributed by atoms with Gasteiger partial charge in [0.1, 0.15) is 0 Å². The third-order valence-corrected chi connectivity index (χ3v) is 3.73. The Hall–Kier alpha value is 0.210. The molecular weight excluding hydrogens is 271 g/mol. The summed E-state index contributed by atoms with van der Waals surface area (Å²) in [6, 6.07) is 0. The van der Waals surface area contributed by atoms with Crippen LogP contribution in [0.25, 0.3) is 0 Å². The van der Waals surface area contributed by atoms with E-state index in [-0.39, 0.29) is 29.6 Å². The van der Waals surface area contributed by atoms with Crippen LogP contribution in [0.2, 0.25) is 0 Å². The number of hydrogen-bond donors (Lipinski definition) is 0. The zero-order valence-corrected chi connectivity index (χ0v) is 16.4. The van der Waals surface area contributed by atoms with Crippen molar-refractivity contribution in [2.75, 3.05) is 0 Å². The van der Waals surface area contributed by atoms with E-state index >= 15 is 0 Å². The smallest absolute Gasteiger partial charge is 0.545 e. The maximum Gasteiger partial charge on any atom is 1.00 e. The van der Waals surface area contributed by atoms with Gasteiger partial charge < -0.3 is 9.90 Å². The molecule has 21 heavy (non-hydrogen) atoms. The standard InChI is InChI=1S/C18H34O2.Na/c1-2-3-4-5-6-7-8-9-10-11-12-13-14-15-16-17-18(19)20;/h16-17H,2-15H2,1H3,(H,19,20);/q;+1/p-1/b17-16+;. The molecule has 0 radical (unpaired) electrons. The third kappa shape index (κ3) is 22.6. The molecule has 0 unspecified atom stereocenters. The number of hydrogen-bond acceptors (Lipinski definition) is 2. The van der Waals surface area contributed by atoms with Crippen LogP contribution in [0, 0.1) is 0 Å². The summed E-state index contributed by atoms with van der Waals surface area (Å²) in [6.45, 7) is 2.26. The fourth-order valence-corrected chi connectivity index (χ4v) is 2.46. The Balaban J connectivity index is 0. The first-order valence-electron chi connectivity index (χ1n) is 8.65. The largest absolute Gasteiger partial charge is 1.00 e. The maximum absolute atomic E-state index is 10.1. The van der Waals surface area contributed by atoms with Crippen molar-refractivity contribution >= 4 is 5.97 Å². The van der Waals surface area contributed by atoms with Gasteiger partial charge in [0.05, 0.1) is 5.97 Å². The van der Waals surface area contributed by atoms with Gasteiger partial charge in [0.2, 0.25) is 0 Å². The average Bonchev–Trinajstić information content (AvgIpc) is 2.43. The van der Waals surface area contributed by atoms with Crippen molar-refractivity contribution in [2.45, 2.75) is 96.8 Å². The molecule has 0 rings (SSSR count). The predicted molar refractivity (Wildman–Crippen MR) is 84.5 cm³/mol. The van der Waals surface area contributed by atoms with Crippen LogP contribution in [0.15, 0.2) is 12.2 Å². The monoisotopic (exact) mass is 304 g/mol. The fourth-order valence-electron chi connectivity index (χ4n) is 2.46. The van der Waals surface area contributed by atoms with Crippen LogP contribution in [-0.2, 0) is 4.79 Å². The number of carbonyl (C=O) groups is 1. The van der Waals surface area contributed by atoms with Gasteiger partial charge in [-0.3, -0.25) is 0 Å². The van der Waals surface area contributed by atoms with Crippen LogP contribution in [-0.4, -0.2) is 5.97 Å². The van der Waals surface area contributed by atoms with E-state index in [0.717, 1.165) is 18.9 Å². The van der Waals surface area contributed by atoms with Crippen LogP contribution >= 0.6 is 0 Å². The van der Waals surface area contributed by atoms with Crippen LogP contribution in [0.4, 0.5) is 0 Å². The summed E-state index contributed by atoms with van der Waals surface area (Å²) >= 11 is 0. The van der Waals surface area contributed by atoms with Gasteiger partial charge in [-0.2, -0.15) is 0 Å². The minimum Gasteiger partial charge on any atom is -0.545 e. The maximum atomic E-state index is 10.1. The summed E-state index contributed by atoms with van der Waals surface area (Å²) in [5, 5.41) is 10.1. The van der Waals surface area contributed by atoms with Gasteiger partial charge in [-0.25, -0.2) is 0 Å². The van der Waals surface area contributed by atoms with Gasteiger partial charge in [0, 0.05) is 0 Å². The number of carbonyl (C=O) groups excluding carboxylic acids is 1. The molecule has 0 aromatic carbocycles. The third-order valence-electron chi connectivity index (χ3n) is 3.73. The van der Waals surface area contributed by atoms with Gasteiger partial charge in [-0.05, 0) is 18.9 Å². The van der Waals surface area contributed by atoms with E-state index in [4.69, 9.17) is 0 Å². The minimum absolute atomic E-state index is 0. The van der Waals surface area contributed by atoms with Crippen LogP contribution < -0.4 is 34.7 Å². The number of allylic oxidation sites excluding steroid dienone is 1. The van der Waals surface area contributed by atoms with Crippen molar-refractivity contribution in [2.24, 2.45) is 0 Å². The number of carboxylic acids is 1. The number of unbranched alkanes of at least 4 members (excludes halogenated alkanes) is 13. The van der Waals surface area contributed by atoms with E-state index in [9.17, 15) is 9.90 Å². The van der Waals surface area contributed by atoms with Gasteiger partial charge in [0.15, 0.2) is 0 Å². The minimum atomic E-state index is -1.08. The van der Waals surface area contributed by atoms with Crippen LogP contribution in [0.3, 0.4) is 0 Å². The first-order chi connectivity index (χ1) is 9.77. The van der Waals surface area contributed by atoms with Crippen LogP contribution in [0.1, 0.15) is 96.8 Å². The van der Waals surface area contributed by atoms with Crippen molar-refractivity contribution in [1.82, 2.24) is 0 Å². The van der Waals surface area contributed by atoms with Gasteiger partial charge in [-0.1, -0.05) is 90.0 Å². The van der Waals surface area contributed by atoms with Crippen LogP contribution in [0.5, 0.6) is 0 Å². The van der Waals surface area contributed by atoms with E-state index in [0.29, 0.717) is 0 Å². The molecule has 0 aliphatic carbocycles. The van der Waals surface area contributed by atoms with Crippen molar-refractivity contribution in [3.8, 4) is 0 Å². The SMILES string of the molecule is CCCCCCCCCCCCCCC/C=C/C(=O)[O-].[Na+]. The second-order valence-corrected chi connectivity index (χ2v) is 5.75. The second-order valence-electron chi connectivity index (χ2n) is 5.75. The molecule has 0 spiro atoms. The Morgan fingerprint density at radius 1 is 0.762 bits per heavy atom. The molecule has 0 aliphatic rings. The van der Waals surface area contributed by atoms with Gasteiger partial charge in [-0.15, -0.1) is 0 Å². The summed E-state index contributed by atoms with van der Waals surface area (Å²) < 4.78 is 0. The van der Waals surface area contributed by atoms with E-state index in [1.165, 1.54) is 77.0 Å². The first kappa shape index (κ1) is 23.5. The van der Waals surface area contributed by atoms with Crippen molar-refractivity contribution in [3.63, 3.8) is 0 Å². The van der Waals surface area contributed by atoms with E-state index < -0.39 is 5.97 Å². The molecule has 0 N–H and O–H groups in total. The van der Waals surface area contributed by atoms with Crippen molar-refractivity contribution in [3.05, 3.63) is 12.2 Å². The number of aliphatic carboxylic acids is 1. The zero-order chi connectivity index (χ0) is 14.9. The van der Waals surface area contributed by atoms with E-state index in [1.807, 2.05) is 0 Å². The Kier molecular flexibility index (Phi) is 22.6. The summed E-state index contributed by atoms with van der Waals surface area (Å²) in [5.74, 6) is -1.08. The molecule has 0 aromatic rings. The Bertz CT molecular complexity index is 239. The van der Waals surface area contributed by atoms with Crippen molar-refractivity contribution in [1.29, 1.82) is 0 Å². The molecule has 0 atom stereocenters. The molecule has 0 aromatic heterocycles. The molecule has 0 bridgehead atoms. The molecule has 0 saturated heterocycles. The topological polar surface area (TPSA) is 40.1 Å². The van der Waals surface area contributed by atoms with E-state index in [2.05, 4.69) is 6.92 Å². The van der Waals surface area contributed by atoms with Gasteiger partial charge in [0.25, 0.3) is 0 Å². The molecule has 118 valence electrons. The summed E-state index contributed by atoms with van der Waals surface area (Å²) in [4.78, 5) is 10.1. The van der Waals surface area contributed by atoms with Crippen molar-refractivity contribution < 1.29 is 39.5 Å². The first-order valence-corrected chi connectivity index (χ1v) is 8.65. The Morgan fingerprint density at radius 2 is 1.14 bits per heavy atom. The van der Waals surface area contributed by atoms with Gasteiger partial charge >= 0.3 is 29.6 Å². The molecular formula is C18H33NaO2.